The van der Waals surface area contributed by atoms with Crippen molar-refractivity contribution in [3.63, 3.8) is 0 Å². The molecule has 1 atom stereocenters. The molecule has 0 saturated heterocycles. The monoisotopic (exact) mass is 410 g/mol. The van der Waals surface area contributed by atoms with Crippen molar-refractivity contribution < 1.29 is 23.1 Å². The smallest absolute Gasteiger partial charge is 0.322 e. The summed E-state index contributed by atoms with van der Waals surface area (Å²) in [6.07, 6.45) is 3.07. The molecule has 0 spiro atoms. The third-order valence-corrected chi connectivity index (χ3v) is 6.75. The fourth-order valence-electron chi connectivity index (χ4n) is 2.83. The molecule has 0 amide bonds. The second-order valence-electron chi connectivity index (χ2n) is 6.27. The van der Waals surface area contributed by atoms with Gasteiger partial charge in [-0.1, -0.05) is 36.6 Å². The Morgan fingerprint density at radius 1 is 1.04 bits per heavy atom. The molecule has 0 aliphatic rings. The van der Waals surface area contributed by atoms with E-state index in [9.17, 15) is 18.3 Å². The van der Waals surface area contributed by atoms with Crippen molar-refractivity contribution in [1.29, 1.82) is 0 Å². The quantitative estimate of drug-likeness (QED) is 0.588. The van der Waals surface area contributed by atoms with Crippen LogP contribution >= 0.6 is 11.6 Å². The van der Waals surface area contributed by atoms with E-state index >= 15 is 0 Å². The van der Waals surface area contributed by atoms with Crippen LogP contribution in [-0.4, -0.2) is 31.9 Å². The third-order valence-electron chi connectivity index (χ3n) is 4.38. The number of benzene rings is 2. The van der Waals surface area contributed by atoms with Crippen LogP contribution in [-0.2, 0) is 21.1 Å². The zero-order chi connectivity index (χ0) is 19.9. The lowest BCUT2D eigenvalue weighted by Gasteiger charge is -2.14. The highest BCUT2D eigenvalue weighted by atomic mass is 35.5. The van der Waals surface area contributed by atoms with Crippen LogP contribution < -0.4 is 4.74 Å². The van der Waals surface area contributed by atoms with E-state index in [1.165, 1.54) is 31.4 Å². The highest BCUT2D eigenvalue weighted by Crippen LogP contribution is 2.23. The predicted octanol–water partition coefficient (Wildman–Crippen LogP) is 4.38. The number of aryl methyl sites for hydroxylation is 1. The Balaban J connectivity index is 1.92. The average molecular weight is 411 g/mol. The third kappa shape index (κ3) is 5.97. The summed E-state index contributed by atoms with van der Waals surface area (Å²) < 4.78 is 30.3. The van der Waals surface area contributed by atoms with Crippen molar-refractivity contribution in [2.45, 2.75) is 42.2 Å². The van der Waals surface area contributed by atoms with E-state index in [1.807, 2.05) is 24.3 Å². The van der Waals surface area contributed by atoms with Gasteiger partial charge in [0, 0.05) is 5.02 Å². The van der Waals surface area contributed by atoms with Crippen LogP contribution in [0.3, 0.4) is 0 Å². The molecule has 0 fully saturated rings. The zero-order valence-electron chi connectivity index (χ0n) is 15.1. The van der Waals surface area contributed by atoms with Crippen molar-refractivity contribution in [2.24, 2.45) is 0 Å². The molecule has 27 heavy (non-hydrogen) atoms. The first-order valence-electron chi connectivity index (χ1n) is 8.70. The Kier molecular flexibility index (Phi) is 7.68. The molecule has 0 radical (unpaired) electrons. The molecule has 0 aliphatic carbocycles. The molecule has 0 saturated carbocycles. The van der Waals surface area contributed by atoms with Crippen LogP contribution in [0.4, 0.5) is 0 Å². The van der Waals surface area contributed by atoms with Crippen LogP contribution in [0, 0.1) is 0 Å². The minimum Gasteiger partial charge on any atom is -0.497 e. The zero-order valence-corrected chi connectivity index (χ0v) is 16.7. The van der Waals surface area contributed by atoms with E-state index in [2.05, 4.69) is 0 Å². The van der Waals surface area contributed by atoms with Crippen LogP contribution in [0.1, 0.15) is 31.2 Å². The molecule has 7 heteroatoms. The van der Waals surface area contributed by atoms with Crippen molar-refractivity contribution in [3.8, 4) is 5.75 Å². The molecule has 146 valence electrons. The van der Waals surface area contributed by atoms with Crippen molar-refractivity contribution >= 4 is 27.4 Å². The van der Waals surface area contributed by atoms with E-state index in [4.69, 9.17) is 16.3 Å². The summed E-state index contributed by atoms with van der Waals surface area (Å²) in [7, 11) is -2.46. The van der Waals surface area contributed by atoms with Gasteiger partial charge >= 0.3 is 5.97 Å². The minimum absolute atomic E-state index is 0.00290. The second-order valence-corrected chi connectivity index (χ2v) is 8.84. The first-order valence-corrected chi connectivity index (χ1v) is 10.6. The van der Waals surface area contributed by atoms with Crippen molar-refractivity contribution in [1.82, 2.24) is 0 Å². The summed E-state index contributed by atoms with van der Waals surface area (Å²) in [5.41, 5.74) is 1.15. The highest BCUT2D eigenvalue weighted by molar-refractivity contribution is 7.92. The number of sulfone groups is 1. The largest absolute Gasteiger partial charge is 0.497 e. The fourth-order valence-corrected chi connectivity index (χ4v) is 4.54. The van der Waals surface area contributed by atoms with Gasteiger partial charge < -0.3 is 9.84 Å². The molecule has 1 unspecified atom stereocenters. The van der Waals surface area contributed by atoms with Gasteiger partial charge in [-0.05, 0) is 61.2 Å². The first kappa shape index (κ1) is 21.3. The second kappa shape index (κ2) is 9.76. The molecule has 1 N–H and O–H groups in total. The summed E-state index contributed by atoms with van der Waals surface area (Å²) in [6.45, 7) is 0. The number of carboxylic acids is 1. The van der Waals surface area contributed by atoms with Gasteiger partial charge in [0.15, 0.2) is 15.1 Å². The number of ether oxygens (including phenoxy) is 1. The maximum atomic E-state index is 12.7. The van der Waals surface area contributed by atoms with Crippen molar-refractivity contribution in [3.05, 3.63) is 59.1 Å². The Morgan fingerprint density at radius 2 is 1.67 bits per heavy atom. The highest BCUT2D eigenvalue weighted by Gasteiger charge is 2.33. The number of rotatable bonds is 10. The van der Waals surface area contributed by atoms with Crippen molar-refractivity contribution in [2.75, 3.05) is 7.11 Å². The number of aliphatic carboxylic acids is 1. The van der Waals surface area contributed by atoms with Crippen LogP contribution in [0.2, 0.25) is 5.02 Å². The summed E-state index contributed by atoms with van der Waals surface area (Å²) in [5, 5.41) is 8.66. The first-order chi connectivity index (χ1) is 12.8. The van der Waals surface area contributed by atoms with Gasteiger partial charge in [-0.2, -0.15) is 0 Å². The lowest BCUT2D eigenvalue weighted by atomic mass is 10.1. The molecule has 0 aliphatic heterocycles. The van der Waals surface area contributed by atoms with Gasteiger partial charge in [0.25, 0.3) is 0 Å². The standard InChI is InChI=1S/C20H23ClO5S/c1-26-17-11-13-18(14-12-17)27(24,25)19(20(22)23)6-4-2-3-5-15-7-9-16(21)10-8-15/h7-14,19H,2-6H2,1H3,(H,22,23). The fraction of sp³-hybridized carbons (Fsp3) is 0.350. The van der Waals surface area contributed by atoms with E-state index < -0.39 is 21.1 Å². The Morgan fingerprint density at radius 3 is 2.22 bits per heavy atom. The van der Waals surface area contributed by atoms with E-state index in [0.717, 1.165) is 24.8 Å². The van der Waals surface area contributed by atoms with Gasteiger partial charge in [-0.3, -0.25) is 4.79 Å². The maximum absolute atomic E-state index is 12.7. The van der Waals surface area contributed by atoms with E-state index in [1.54, 1.807) is 0 Å². The van der Waals surface area contributed by atoms with E-state index in [0.29, 0.717) is 17.2 Å². The Hall–Kier alpha value is -2.05. The lowest BCUT2D eigenvalue weighted by molar-refractivity contribution is -0.136. The summed E-state index contributed by atoms with van der Waals surface area (Å²) in [5.74, 6) is -0.799. The number of hydrogen-bond donors (Lipinski definition) is 1. The van der Waals surface area contributed by atoms with Gasteiger partial charge in [0.05, 0.1) is 12.0 Å². The number of hydrogen-bond acceptors (Lipinski definition) is 4. The maximum Gasteiger partial charge on any atom is 0.322 e. The number of halogens is 1. The lowest BCUT2D eigenvalue weighted by Crippen LogP contribution is -2.30. The number of carbonyl (C=O) groups is 1. The topological polar surface area (TPSA) is 80.7 Å². The number of unbranched alkanes of at least 4 members (excludes halogenated alkanes) is 2. The molecule has 0 bridgehead atoms. The molecule has 2 aromatic carbocycles. The Bertz CT molecular complexity index is 845. The van der Waals surface area contributed by atoms with Crippen LogP contribution in [0.15, 0.2) is 53.4 Å². The molecular formula is C20H23ClO5S. The normalized spacial score (nSPS) is 12.5. The molecule has 0 aromatic heterocycles. The summed E-state index contributed by atoms with van der Waals surface area (Å²) >= 11 is 5.85. The van der Waals surface area contributed by atoms with E-state index in [-0.39, 0.29) is 11.3 Å². The minimum atomic E-state index is -3.94. The summed E-state index contributed by atoms with van der Waals surface area (Å²) in [4.78, 5) is 11.5. The molecule has 2 rings (SSSR count). The van der Waals surface area contributed by atoms with Gasteiger partial charge in [-0.25, -0.2) is 8.42 Å². The summed E-state index contributed by atoms with van der Waals surface area (Å²) in [6, 6.07) is 13.4. The van der Waals surface area contributed by atoms with Gasteiger partial charge in [0.1, 0.15) is 5.75 Å². The molecule has 2 aromatic rings. The van der Waals surface area contributed by atoms with Crippen LogP contribution in [0.25, 0.3) is 0 Å². The molecule has 5 nitrogen and oxygen atoms in total. The van der Waals surface area contributed by atoms with Gasteiger partial charge in [0.2, 0.25) is 0 Å². The van der Waals surface area contributed by atoms with Crippen LogP contribution in [0.5, 0.6) is 5.75 Å². The number of carboxylic acid groups (broad SMARTS) is 1. The molecular weight excluding hydrogens is 388 g/mol. The van der Waals surface area contributed by atoms with Gasteiger partial charge in [-0.15, -0.1) is 0 Å². The number of methoxy groups -OCH3 is 1. The SMILES string of the molecule is COc1ccc(S(=O)(=O)C(CCCCCc2ccc(Cl)cc2)C(=O)O)cc1. The average Bonchev–Trinajstić information content (AvgIpc) is 2.65. The Labute approximate surface area is 164 Å². The molecule has 0 heterocycles. The predicted molar refractivity (Wildman–Crippen MR) is 105 cm³/mol.